The quantitative estimate of drug-likeness (QED) is 0.869. The first-order valence-electron chi connectivity index (χ1n) is 6.80. The van der Waals surface area contributed by atoms with Gasteiger partial charge in [-0.25, -0.2) is 4.98 Å². The normalized spacial score (nSPS) is 23.9. The molecule has 0 amide bonds. The summed E-state index contributed by atoms with van der Waals surface area (Å²) in [5, 5.41) is 3.91. The molecule has 3 nitrogen and oxygen atoms in total. The Balaban J connectivity index is 1.77. The van der Waals surface area contributed by atoms with Crippen molar-refractivity contribution < 1.29 is 0 Å². The zero-order valence-corrected chi connectivity index (χ0v) is 11.7. The first-order chi connectivity index (χ1) is 8.65. The lowest BCUT2D eigenvalue weighted by Crippen LogP contribution is -2.17. The molecular weight excluding hydrogens is 246 g/mol. The van der Waals surface area contributed by atoms with E-state index in [0.717, 1.165) is 24.2 Å². The molecule has 1 aliphatic rings. The minimum atomic E-state index is 0.603. The predicted molar refractivity (Wildman–Crippen MR) is 77.9 cm³/mol. The Labute approximate surface area is 114 Å². The monoisotopic (exact) mass is 267 g/mol. The number of nitrogens with zero attached hydrogens (tertiary/aromatic N) is 1. The van der Waals surface area contributed by atoms with Gasteiger partial charge >= 0.3 is 0 Å². The third-order valence-corrected chi connectivity index (χ3v) is 4.04. The van der Waals surface area contributed by atoms with Crippen molar-refractivity contribution in [1.82, 2.24) is 4.98 Å². The van der Waals surface area contributed by atoms with Crippen LogP contribution in [0.15, 0.2) is 12.3 Å². The van der Waals surface area contributed by atoms with Gasteiger partial charge in [-0.1, -0.05) is 37.8 Å². The standard InChI is InChI=1S/C14H22ClN3/c1-10-3-2-4-11(7-10)5-6-17-14-13(15)8-12(16)9-18-14/h8-11H,2-7,16H2,1H3,(H,17,18). The minimum Gasteiger partial charge on any atom is -0.397 e. The van der Waals surface area contributed by atoms with Gasteiger partial charge in [-0.3, -0.25) is 0 Å². The third kappa shape index (κ3) is 3.77. The molecule has 2 atom stereocenters. The average molecular weight is 268 g/mol. The Bertz CT molecular complexity index is 395. The number of rotatable bonds is 4. The molecule has 1 saturated carbocycles. The number of nitrogens with two attached hydrogens (primary N) is 1. The van der Waals surface area contributed by atoms with Crippen LogP contribution in [0, 0.1) is 11.8 Å². The molecule has 2 rings (SSSR count). The van der Waals surface area contributed by atoms with Crippen LogP contribution in [0.2, 0.25) is 5.02 Å². The van der Waals surface area contributed by atoms with Crippen LogP contribution in [0.1, 0.15) is 39.0 Å². The summed E-state index contributed by atoms with van der Waals surface area (Å²) in [5.74, 6) is 2.49. The van der Waals surface area contributed by atoms with E-state index < -0.39 is 0 Å². The van der Waals surface area contributed by atoms with Crippen LogP contribution >= 0.6 is 11.6 Å². The fraction of sp³-hybridized carbons (Fsp3) is 0.643. The molecular formula is C14H22ClN3. The molecule has 100 valence electrons. The van der Waals surface area contributed by atoms with Gasteiger partial charge in [0.05, 0.1) is 16.9 Å². The second-order valence-corrected chi connectivity index (χ2v) is 5.86. The van der Waals surface area contributed by atoms with Crippen molar-refractivity contribution in [2.45, 2.75) is 39.0 Å². The maximum absolute atomic E-state index is 6.07. The lowest BCUT2D eigenvalue weighted by molar-refractivity contribution is 0.274. The van der Waals surface area contributed by atoms with E-state index >= 15 is 0 Å². The van der Waals surface area contributed by atoms with Gasteiger partial charge in [-0.2, -0.15) is 0 Å². The van der Waals surface area contributed by atoms with Crippen LogP contribution < -0.4 is 11.1 Å². The summed E-state index contributed by atoms with van der Waals surface area (Å²) >= 11 is 6.07. The van der Waals surface area contributed by atoms with Crippen molar-refractivity contribution in [2.75, 3.05) is 17.6 Å². The highest BCUT2D eigenvalue weighted by molar-refractivity contribution is 6.33. The largest absolute Gasteiger partial charge is 0.397 e. The van der Waals surface area contributed by atoms with E-state index in [1.165, 1.54) is 32.1 Å². The summed E-state index contributed by atoms with van der Waals surface area (Å²) in [6.07, 6.45) is 8.35. The highest BCUT2D eigenvalue weighted by Gasteiger charge is 2.18. The van der Waals surface area contributed by atoms with Crippen molar-refractivity contribution in [3.05, 3.63) is 17.3 Å². The van der Waals surface area contributed by atoms with E-state index in [1.54, 1.807) is 12.3 Å². The summed E-state index contributed by atoms with van der Waals surface area (Å²) in [6.45, 7) is 3.30. The van der Waals surface area contributed by atoms with Crippen molar-refractivity contribution >= 4 is 23.1 Å². The third-order valence-electron chi connectivity index (χ3n) is 3.75. The number of anilines is 2. The molecule has 0 bridgehead atoms. The van der Waals surface area contributed by atoms with Crippen LogP contribution in [-0.4, -0.2) is 11.5 Å². The van der Waals surface area contributed by atoms with Crippen LogP contribution in [-0.2, 0) is 0 Å². The molecule has 3 N–H and O–H groups in total. The molecule has 1 fully saturated rings. The second kappa shape index (κ2) is 6.28. The number of pyridine rings is 1. The molecule has 0 aliphatic heterocycles. The second-order valence-electron chi connectivity index (χ2n) is 5.45. The Morgan fingerprint density at radius 1 is 1.50 bits per heavy atom. The molecule has 1 aliphatic carbocycles. The Hall–Kier alpha value is -0.960. The topological polar surface area (TPSA) is 50.9 Å². The molecule has 1 aromatic rings. The molecule has 18 heavy (non-hydrogen) atoms. The first kappa shape index (κ1) is 13.5. The summed E-state index contributed by atoms with van der Waals surface area (Å²) < 4.78 is 0. The predicted octanol–water partition coefficient (Wildman–Crippen LogP) is 3.95. The van der Waals surface area contributed by atoms with Crippen LogP contribution in [0.4, 0.5) is 11.5 Å². The number of hydrogen-bond acceptors (Lipinski definition) is 3. The number of halogens is 1. The lowest BCUT2D eigenvalue weighted by atomic mass is 9.81. The zero-order chi connectivity index (χ0) is 13.0. The van der Waals surface area contributed by atoms with Gasteiger partial charge in [0.1, 0.15) is 5.82 Å². The average Bonchev–Trinajstić information content (AvgIpc) is 2.32. The molecule has 1 heterocycles. The van der Waals surface area contributed by atoms with E-state index in [1.807, 2.05) is 0 Å². The van der Waals surface area contributed by atoms with Crippen molar-refractivity contribution in [1.29, 1.82) is 0 Å². The lowest BCUT2D eigenvalue weighted by Gasteiger charge is -2.26. The van der Waals surface area contributed by atoms with E-state index in [4.69, 9.17) is 17.3 Å². The molecule has 0 radical (unpaired) electrons. The van der Waals surface area contributed by atoms with Crippen molar-refractivity contribution in [2.24, 2.45) is 11.8 Å². The van der Waals surface area contributed by atoms with Gasteiger partial charge in [0.15, 0.2) is 0 Å². The van der Waals surface area contributed by atoms with Crippen molar-refractivity contribution in [3.8, 4) is 0 Å². The van der Waals surface area contributed by atoms with Gasteiger partial charge in [-0.05, 0) is 30.7 Å². The fourth-order valence-electron chi connectivity index (χ4n) is 2.80. The van der Waals surface area contributed by atoms with Crippen LogP contribution in [0.5, 0.6) is 0 Å². The summed E-state index contributed by atoms with van der Waals surface area (Å²) in [6, 6.07) is 1.74. The van der Waals surface area contributed by atoms with Gasteiger partial charge in [0, 0.05) is 6.54 Å². The summed E-state index contributed by atoms with van der Waals surface area (Å²) in [7, 11) is 0. The maximum Gasteiger partial charge on any atom is 0.144 e. The number of nitrogen functional groups attached to an aromatic ring is 1. The molecule has 0 aromatic carbocycles. The SMILES string of the molecule is CC1CCCC(CCNc2ncc(N)cc2Cl)C1. The smallest absolute Gasteiger partial charge is 0.144 e. The zero-order valence-electron chi connectivity index (χ0n) is 11.0. The minimum absolute atomic E-state index is 0.603. The van der Waals surface area contributed by atoms with Gasteiger partial charge in [0.25, 0.3) is 0 Å². The molecule has 0 spiro atoms. The van der Waals surface area contributed by atoms with Crippen LogP contribution in [0.25, 0.3) is 0 Å². The van der Waals surface area contributed by atoms with E-state index in [9.17, 15) is 0 Å². The van der Waals surface area contributed by atoms with E-state index in [-0.39, 0.29) is 0 Å². The van der Waals surface area contributed by atoms with E-state index in [0.29, 0.717) is 10.7 Å². The van der Waals surface area contributed by atoms with Gasteiger partial charge in [0.2, 0.25) is 0 Å². The highest BCUT2D eigenvalue weighted by atomic mass is 35.5. The van der Waals surface area contributed by atoms with Crippen molar-refractivity contribution in [3.63, 3.8) is 0 Å². The number of hydrogen-bond donors (Lipinski definition) is 2. The van der Waals surface area contributed by atoms with Gasteiger partial charge in [-0.15, -0.1) is 0 Å². The number of nitrogens with one attached hydrogen (secondary N) is 1. The van der Waals surface area contributed by atoms with Crippen LogP contribution in [0.3, 0.4) is 0 Å². The molecule has 2 unspecified atom stereocenters. The summed E-state index contributed by atoms with van der Waals surface area (Å²) in [4.78, 5) is 4.21. The molecule has 1 aromatic heterocycles. The maximum atomic E-state index is 6.07. The Morgan fingerprint density at radius 2 is 2.33 bits per heavy atom. The Kier molecular flexibility index (Phi) is 4.70. The summed E-state index contributed by atoms with van der Waals surface area (Å²) in [5.41, 5.74) is 6.22. The highest BCUT2D eigenvalue weighted by Crippen LogP contribution is 2.30. The van der Waals surface area contributed by atoms with Gasteiger partial charge < -0.3 is 11.1 Å². The Morgan fingerprint density at radius 3 is 3.06 bits per heavy atom. The number of aromatic nitrogens is 1. The fourth-order valence-corrected chi connectivity index (χ4v) is 3.04. The molecule has 0 saturated heterocycles. The first-order valence-corrected chi connectivity index (χ1v) is 7.18. The molecule has 4 heteroatoms. The van der Waals surface area contributed by atoms with E-state index in [2.05, 4.69) is 17.2 Å².